The Bertz CT molecular complexity index is 5590. The summed E-state index contributed by atoms with van der Waals surface area (Å²) in [7, 11) is 6.02. The number of hydrogen-bond acceptors (Lipinski definition) is 22. The van der Waals surface area contributed by atoms with Gasteiger partial charge >= 0.3 is 24.1 Å². The van der Waals surface area contributed by atoms with E-state index in [0.717, 1.165) is 21.7 Å². The van der Waals surface area contributed by atoms with Crippen molar-refractivity contribution in [3.8, 4) is 70.4 Å². The second kappa shape index (κ2) is 32.0. The molecule has 0 radical (unpaired) electrons. The number of imide groups is 4. The van der Waals surface area contributed by atoms with Crippen molar-refractivity contribution in [3.05, 3.63) is 217 Å². The van der Waals surface area contributed by atoms with Crippen LogP contribution in [-0.2, 0) is 45.4 Å². The molecule has 5 aromatic carbocycles. The van der Waals surface area contributed by atoms with Crippen LogP contribution in [0.3, 0.4) is 0 Å². The van der Waals surface area contributed by atoms with E-state index in [-0.39, 0.29) is 49.7 Å². The molecule has 8 aliphatic rings. The number of aromatic nitrogens is 5. The van der Waals surface area contributed by atoms with Crippen molar-refractivity contribution in [1.29, 1.82) is 0 Å². The van der Waals surface area contributed by atoms with Gasteiger partial charge in [-0.3, -0.25) is 64.6 Å². The fraction of sp³-hybridized carbons (Fsp3) is 0.218. The number of methoxy groups -OCH3 is 4. The van der Waals surface area contributed by atoms with Crippen molar-refractivity contribution in [1.82, 2.24) is 87.1 Å². The smallest absolute Gasteiger partial charge is 0.323 e. The van der Waals surface area contributed by atoms with E-state index < -0.39 is 105 Å². The fourth-order valence-corrected chi connectivity index (χ4v) is 13.5. The minimum absolute atomic E-state index is 0.0729. The second-order valence-electron chi connectivity index (χ2n) is 26.1. The van der Waals surface area contributed by atoms with Crippen LogP contribution in [0, 0.1) is 71.7 Å². The third-order valence-electron chi connectivity index (χ3n) is 18.7. The molecule has 33 nitrogen and oxygen atoms in total. The lowest BCUT2D eigenvalue weighted by Crippen LogP contribution is -2.54. The minimum atomic E-state index is -1.98. The number of hydrogen-bond donors (Lipinski definition) is 8. The Balaban J connectivity index is 0.000000134. The van der Waals surface area contributed by atoms with Gasteiger partial charge in [0.05, 0.1) is 71.4 Å². The molecule has 4 atom stereocenters. The van der Waals surface area contributed by atoms with Crippen LogP contribution < -0.4 is 61.5 Å². The molecule has 0 spiro atoms. The van der Waals surface area contributed by atoms with Crippen LogP contribution in [0.4, 0.5) is 32.3 Å². The van der Waals surface area contributed by atoms with Gasteiger partial charge in [-0.15, -0.1) is 11.3 Å². The van der Waals surface area contributed by atoms with E-state index in [4.69, 9.17) is 18.9 Å². The zero-order valence-corrected chi connectivity index (χ0v) is 61.7. The molecule has 0 aliphatic carbocycles. The highest BCUT2D eigenvalue weighted by atomic mass is 32.1. The van der Waals surface area contributed by atoms with Crippen LogP contribution in [0.25, 0.3) is 0 Å². The highest BCUT2D eigenvalue weighted by molar-refractivity contribution is 7.09. The summed E-state index contributed by atoms with van der Waals surface area (Å²) >= 11 is 1.44. The Morgan fingerprint density at radius 3 is 1.10 bits per heavy atom. The van der Waals surface area contributed by atoms with Gasteiger partial charge in [0.1, 0.15) is 40.2 Å². The molecule has 16 amide bonds. The number of carbonyl (C=O) groups is 12. The molecule has 8 N–H and O–H groups in total. The van der Waals surface area contributed by atoms with Gasteiger partial charge in [0.2, 0.25) is 28.0 Å². The van der Waals surface area contributed by atoms with E-state index in [1.54, 1.807) is 78.2 Å². The second-order valence-corrected chi connectivity index (χ2v) is 27.2. The number of ether oxygens (including phenoxy) is 4. The number of benzene rings is 5. The first-order valence-corrected chi connectivity index (χ1v) is 35.1. The summed E-state index contributed by atoms with van der Waals surface area (Å²) < 4.78 is 62.0. The number of urea groups is 4. The van der Waals surface area contributed by atoms with E-state index in [9.17, 15) is 70.7 Å². The molecule has 0 bridgehead atoms. The first-order chi connectivity index (χ1) is 55.1. The van der Waals surface area contributed by atoms with E-state index in [1.165, 1.54) is 90.4 Å². The first kappa shape index (κ1) is 77.9. The Kier molecular flexibility index (Phi) is 21.7. The number of fused-ring (bicyclic) bond motifs is 4. The van der Waals surface area contributed by atoms with Gasteiger partial charge in [-0.05, 0) is 114 Å². The lowest BCUT2D eigenvalue weighted by molar-refractivity contribution is -0.123. The monoisotopic (exact) mass is 1580 g/mol. The zero-order chi connectivity index (χ0) is 81.7. The van der Waals surface area contributed by atoms with Gasteiger partial charge < -0.3 is 59.8 Å². The summed E-state index contributed by atoms with van der Waals surface area (Å²) in [5.74, 6) is 15.6. The van der Waals surface area contributed by atoms with E-state index in [2.05, 4.69) is 110 Å². The number of nitrogens with one attached hydrogen (secondary N) is 8. The summed E-state index contributed by atoms with van der Waals surface area (Å²) in [6.07, 6.45) is 7.45. The lowest BCUT2D eigenvalue weighted by atomic mass is 9.99. The number of halogens is 3. The molecule has 115 heavy (non-hydrogen) atoms. The van der Waals surface area contributed by atoms with Crippen LogP contribution in [0.5, 0.6) is 23.0 Å². The van der Waals surface area contributed by atoms with Crippen LogP contribution >= 0.6 is 11.3 Å². The third-order valence-corrected chi connectivity index (χ3v) is 19.4. The van der Waals surface area contributed by atoms with Gasteiger partial charge in [-0.2, -0.15) is 0 Å². The van der Waals surface area contributed by atoms with Gasteiger partial charge in [0, 0.05) is 78.6 Å². The summed E-state index contributed by atoms with van der Waals surface area (Å²) in [5, 5.41) is 21.2. The van der Waals surface area contributed by atoms with E-state index in [0.29, 0.717) is 94.0 Å². The molecule has 580 valence electrons. The quantitative estimate of drug-likeness (QED) is 0.0495. The normalized spacial score (nSPS) is 20.0. The average molecular weight is 1580 g/mol. The maximum absolute atomic E-state index is 14.0. The van der Waals surface area contributed by atoms with Gasteiger partial charge in [-0.25, -0.2) is 52.3 Å². The SMILES string of the molecule is COc1ccc2c(c1)C(=O)N(C[C@@]1(C#Cc3c(F)ccc(F)c3F)NC(=O)NC1=O)C2.COc1ccc2c(c1)C(=O)N(C[C@@]1(C#Cc3cnccn3)NC(=O)NC1=O)C2.COc1ccc2c(c1)C(=O)N(C[C@@]1(C#Cc3csc(C)n3)NC(=O)NC1=O)C2.COc1ccc2c(c1)C(=O)N(C[C@@]1(C#Cc3ncccn3)NC(=O)NC1=O)C2. The molecule has 4 saturated heterocycles. The third kappa shape index (κ3) is 16.2. The van der Waals surface area contributed by atoms with Crippen molar-refractivity contribution in [2.24, 2.45) is 0 Å². The Morgan fingerprint density at radius 2 is 0.774 bits per heavy atom. The standard InChI is InChI=1S/C21H14F3N3O4.2C19H15N5O4.C19H16N4O4S/c1-31-12-3-2-11-9-27(18(28)14(11)8-12)10-21(19(29)25-20(30)26-21)7-6-13-15(22)4-5-16(23)17(13)24;1-28-13-4-3-12-10-24(16(25)14(12)9-13)11-19(17(26)22-18(27)23-19)6-5-15-20-7-2-8-21-15;1-28-14-3-2-12-10-24(16(25)15(12)8-14)11-19(17(26)22-18(27)23-19)5-4-13-9-20-6-7-21-13;1-11-20-13(9-28-11)5-6-19(17(25)21-18(26)22-19)10-23-8-12-3-4-14(27-2)7-15(12)16(23)24/h2-5,8H,9-10H2,1H3,(H2,25,26,29,30);2-4,7-9H,10-11H2,1H3,(H2,22,23,26,27);2-3,6-9H,10-11H2,1H3,(H2,22,23,26,27);3-4,7,9H,8,10H2,1-2H3,(H2,21,22,25,26)/t21-;3*19-/m1111/s1. The number of carbonyl (C=O) groups excluding carboxylic acids is 12. The molecule has 37 heteroatoms. The predicted octanol–water partition coefficient (Wildman–Crippen LogP) is 2.89. The summed E-state index contributed by atoms with van der Waals surface area (Å²) in [6.45, 7) is 2.21. The number of rotatable bonds is 12. The average Bonchev–Trinajstić information content (AvgIpc) is 1.64. The molecular formula is C78H60F3N17O16S. The maximum Gasteiger partial charge on any atom is 0.323 e. The largest absolute Gasteiger partial charge is 0.497 e. The van der Waals surface area contributed by atoms with Crippen LogP contribution in [0.2, 0.25) is 0 Å². The van der Waals surface area contributed by atoms with Crippen LogP contribution in [-0.4, -0.2) is 193 Å². The minimum Gasteiger partial charge on any atom is -0.497 e. The lowest BCUT2D eigenvalue weighted by Gasteiger charge is -2.26. The molecule has 8 aromatic rings. The van der Waals surface area contributed by atoms with Crippen LogP contribution in [0.1, 0.15) is 91.5 Å². The molecule has 3 aromatic heterocycles. The highest BCUT2D eigenvalue weighted by Crippen LogP contribution is 2.34. The van der Waals surface area contributed by atoms with Crippen LogP contribution in [0.15, 0.2) is 127 Å². The molecular weight excluding hydrogens is 1520 g/mol. The first-order valence-electron chi connectivity index (χ1n) is 34.3. The highest BCUT2D eigenvalue weighted by Gasteiger charge is 2.53. The molecule has 11 heterocycles. The zero-order valence-electron chi connectivity index (χ0n) is 60.9. The molecule has 8 aliphatic heterocycles. The molecule has 0 unspecified atom stereocenters. The van der Waals surface area contributed by atoms with Crippen molar-refractivity contribution in [2.75, 3.05) is 54.6 Å². The molecule has 16 rings (SSSR count). The number of amides is 16. The molecule has 4 fully saturated rings. The summed E-state index contributed by atoms with van der Waals surface area (Å²) in [5.41, 5.74) is -1.72. The van der Waals surface area contributed by atoms with Gasteiger partial charge in [0.25, 0.3) is 47.3 Å². The topological polar surface area (TPSA) is 415 Å². The van der Waals surface area contributed by atoms with E-state index in [1.807, 2.05) is 18.3 Å². The van der Waals surface area contributed by atoms with Gasteiger partial charge in [-0.1, -0.05) is 53.9 Å². The predicted molar refractivity (Wildman–Crippen MR) is 393 cm³/mol. The Hall–Kier alpha value is -15.2. The number of aryl methyl sites for hydroxylation is 1. The fourth-order valence-electron chi connectivity index (χ4n) is 12.9. The van der Waals surface area contributed by atoms with Crippen molar-refractivity contribution >= 4 is 82.7 Å². The van der Waals surface area contributed by atoms with Crippen molar-refractivity contribution < 1.29 is 89.7 Å². The van der Waals surface area contributed by atoms with E-state index >= 15 is 0 Å². The maximum atomic E-state index is 14.0. The van der Waals surface area contributed by atoms with Crippen molar-refractivity contribution in [2.45, 2.75) is 55.3 Å². The molecule has 0 saturated carbocycles. The number of nitrogens with zero attached hydrogens (tertiary/aromatic N) is 9. The Morgan fingerprint density at radius 1 is 0.426 bits per heavy atom. The van der Waals surface area contributed by atoms with Gasteiger partial charge in [0.15, 0.2) is 11.6 Å². The number of thiazole rings is 1. The Labute approximate surface area is 653 Å². The summed E-state index contributed by atoms with van der Waals surface area (Å²) in [6, 6.07) is 20.7. The summed E-state index contributed by atoms with van der Waals surface area (Å²) in [4.78, 5) is 174. The van der Waals surface area contributed by atoms with Crippen molar-refractivity contribution in [3.63, 3.8) is 0 Å².